The highest BCUT2D eigenvalue weighted by atomic mass is 32.2. The Bertz CT molecular complexity index is 489. The monoisotopic (exact) mass is 269 g/mol. The van der Waals surface area contributed by atoms with Crippen LogP contribution in [0.2, 0.25) is 0 Å². The van der Waals surface area contributed by atoms with Crippen LogP contribution < -0.4 is 10.0 Å². The largest absolute Gasteiger partial charge is 0.330 e. The van der Waals surface area contributed by atoms with Crippen LogP contribution in [-0.4, -0.2) is 39.4 Å². The van der Waals surface area contributed by atoms with Crippen LogP contribution >= 0.6 is 0 Å². The number of rotatable bonds is 3. The summed E-state index contributed by atoms with van der Waals surface area (Å²) in [6.07, 6.45) is 0.837. The lowest BCUT2D eigenvalue weighted by molar-refractivity contribution is 0.346. The Morgan fingerprint density at radius 1 is 1.28 bits per heavy atom. The molecule has 1 atom stereocenters. The molecule has 0 radical (unpaired) electrons. The van der Waals surface area contributed by atoms with E-state index in [4.69, 9.17) is 5.73 Å². The van der Waals surface area contributed by atoms with E-state index in [1.807, 2.05) is 30.3 Å². The summed E-state index contributed by atoms with van der Waals surface area (Å²) in [5.41, 5.74) is 6.28. The van der Waals surface area contributed by atoms with E-state index in [0.29, 0.717) is 25.3 Å². The van der Waals surface area contributed by atoms with Crippen LogP contribution in [0.5, 0.6) is 0 Å². The SMILES string of the molecule is CN1CC(CCN)CN(c2ccccc2)S1(=O)=O. The second-order valence-corrected chi connectivity index (χ2v) is 6.56. The van der Waals surface area contributed by atoms with Crippen molar-refractivity contribution in [1.29, 1.82) is 0 Å². The van der Waals surface area contributed by atoms with E-state index >= 15 is 0 Å². The first kappa shape index (κ1) is 13.3. The third-order valence-electron chi connectivity index (χ3n) is 3.23. The second kappa shape index (κ2) is 5.26. The molecule has 0 bridgehead atoms. The standard InChI is InChI=1S/C12H19N3O2S/c1-14-9-11(7-8-13)10-15(18(14,16)17)12-5-3-2-4-6-12/h2-6,11H,7-10,13H2,1H3. The van der Waals surface area contributed by atoms with Crippen molar-refractivity contribution in [3.8, 4) is 0 Å². The van der Waals surface area contributed by atoms with Gasteiger partial charge in [-0.1, -0.05) is 18.2 Å². The van der Waals surface area contributed by atoms with Crippen molar-refractivity contribution in [2.75, 3.05) is 31.0 Å². The summed E-state index contributed by atoms with van der Waals surface area (Å²) in [7, 11) is -1.76. The molecule has 1 aromatic rings. The normalized spacial score (nSPS) is 24.1. The molecular weight excluding hydrogens is 250 g/mol. The maximum atomic E-state index is 12.3. The van der Waals surface area contributed by atoms with E-state index in [0.717, 1.165) is 6.42 Å². The summed E-state index contributed by atoms with van der Waals surface area (Å²) in [4.78, 5) is 0. The fourth-order valence-corrected chi connectivity index (χ4v) is 3.79. The van der Waals surface area contributed by atoms with Gasteiger partial charge >= 0.3 is 10.2 Å². The molecule has 0 aliphatic carbocycles. The summed E-state index contributed by atoms with van der Waals surface area (Å²) >= 11 is 0. The Labute approximate surface area is 108 Å². The van der Waals surface area contributed by atoms with Gasteiger partial charge in [-0.25, -0.2) is 0 Å². The summed E-state index contributed by atoms with van der Waals surface area (Å²) in [6.45, 7) is 1.64. The lowest BCUT2D eigenvalue weighted by Gasteiger charge is -2.38. The van der Waals surface area contributed by atoms with Gasteiger partial charge in [0.15, 0.2) is 0 Å². The van der Waals surface area contributed by atoms with Crippen LogP contribution in [0.3, 0.4) is 0 Å². The lowest BCUT2D eigenvalue weighted by atomic mass is 10.1. The number of para-hydroxylation sites is 1. The molecule has 18 heavy (non-hydrogen) atoms. The Morgan fingerprint density at radius 3 is 2.56 bits per heavy atom. The van der Waals surface area contributed by atoms with E-state index in [2.05, 4.69) is 0 Å². The molecule has 6 heteroatoms. The molecule has 1 heterocycles. The predicted octanol–water partition coefficient (Wildman–Crippen LogP) is 0.648. The second-order valence-electron chi connectivity index (χ2n) is 4.60. The molecule has 100 valence electrons. The van der Waals surface area contributed by atoms with Gasteiger partial charge in [0, 0.05) is 20.1 Å². The summed E-state index contributed by atoms with van der Waals surface area (Å²) in [5.74, 6) is 0.281. The van der Waals surface area contributed by atoms with Gasteiger partial charge in [0.05, 0.1) is 5.69 Å². The first-order valence-electron chi connectivity index (χ1n) is 6.05. The van der Waals surface area contributed by atoms with Crippen molar-refractivity contribution in [3.63, 3.8) is 0 Å². The first-order valence-corrected chi connectivity index (χ1v) is 7.44. The van der Waals surface area contributed by atoms with Crippen molar-refractivity contribution in [1.82, 2.24) is 4.31 Å². The zero-order valence-corrected chi connectivity index (χ0v) is 11.3. The molecule has 2 N–H and O–H groups in total. The minimum Gasteiger partial charge on any atom is -0.330 e. The molecular formula is C12H19N3O2S. The molecule has 2 rings (SSSR count). The molecule has 0 amide bonds. The third-order valence-corrected chi connectivity index (χ3v) is 5.08. The number of benzene rings is 1. The van der Waals surface area contributed by atoms with Crippen LogP contribution in [0.25, 0.3) is 0 Å². The molecule has 1 aromatic carbocycles. The third kappa shape index (κ3) is 2.50. The van der Waals surface area contributed by atoms with Gasteiger partial charge < -0.3 is 5.73 Å². The smallest absolute Gasteiger partial charge is 0.303 e. The zero-order valence-electron chi connectivity index (χ0n) is 10.5. The highest BCUT2D eigenvalue weighted by Gasteiger charge is 2.35. The quantitative estimate of drug-likeness (QED) is 0.876. The molecule has 1 aliphatic rings. The van der Waals surface area contributed by atoms with E-state index in [1.165, 1.54) is 8.61 Å². The van der Waals surface area contributed by atoms with Crippen LogP contribution in [-0.2, 0) is 10.2 Å². The van der Waals surface area contributed by atoms with Crippen LogP contribution in [0.4, 0.5) is 5.69 Å². The van der Waals surface area contributed by atoms with Gasteiger partial charge in [0.25, 0.3) is 0 Å². The van der Waals surface area contributed by atoms with E-state index in [9.17, 15) is 8.42 Å². The van der Waals surface area contributed by atoms with Crippen LogP contribution in [0.1, 0.15) is 6.42 Å². The van der Waals surface area contributed by atoms with E-state index in [1.54, 1.807) is 7.05 Å². The number of nitrogens with zero attached hydrogens (tertiary/aromatic N) is 2. The van der Waals surface area contributed by atoms with Crippen molar-refractivity contribution in [2.24, 2.45) is 11.7 Å². The highest BCUT2D eigenvalue weighted by molar-refractivity contribution is 7.90. The Kier molecular flexibility index (Phi) is 3.89. The predicted molar refractivity (Wildman–Crippen MR) is 72.5 cm³/mol. The summed E-state index contributed by atoms with van der Waals surface area (Å²) in [6, 6.07) is 9.20. The number of nitrogens with two attached hydrogens (primary N) is 1. The number of hydrogen-bond donors (Lipinski definition) is 1. The van der Waals surface area contributed by atoms with Gasteiger partial charge in [-0.15, -0.1) is 0 Å². The number of anilines is 1. The zero-order chi connectivity index (χ0) is 13.2. The summed E-state index contributed by atoms with van der Waals surface area (Å²) < 4.78 is 27.4. The van der Waals surface area contributed by atoms with Gasteiger partial charge in [0.1, 0.15) is 0 Å². The molecule has 0 saturated carbocycles. The minimum absolute atomic E-state index is 0.281. The molecule has 0 spiro atoms. The topological polar surface area (TPSA) is 66.6 Å². The maximum Gasteiger partial charge on any atom is 0.303 e. The Morgan fingerprint density at radius 2 is 1.94 bits per heavy atom. The van der Waals surface area contributed by atoms with Crippen molar-refractivity contribution in [3.05, 3.63) is 30.3 Å². The van der Waals surface area contributed by atoms with Crippen LogP contribution in [0.15, 0.2) is 30.3 Å². The maximum absolute atomic E-state index is 12.3. The van der Waals surface area contributed by atoms with Gasteiger partial charge in [-0.05, 0) is 31.0 Å². The average molecular weight is 269 g/mol. The van der Waals surface area contributed by atoms with E-state index < -0.39 is 10.2 Å². The van der Waals surface area contributed by atoms with Crippen molar-refractivity contribution in [2.45, 2.75) is 6.42 Å². The molecule has 1 saturated heterocycles. The summed E-state index contributed by atoms with van der Waals surface area (Å²) in [5, 5.41) is 0. The molecule has 1 aliphatic heterocycles. The lowest BCUT2D eigenvalue weighted by Crippen LogP contribution is -2.52. The van der Waals surface area contributed by atoms with Crippen molar-refractivity contribution >= 4 is 15.9 Å². The van der Waals surface area contributed by atoms with Gasteiger partial charge in [0.2, 0.25) is 0 Å². The molecule has 5 nitrogen and oxygen atoms in total. The first-order chi connectivity index (χ1) is 8.55. The number of hydrogen-bond acceptors (Lipinski definition) is 3. The fraction of sp³-hybridized carbons (Fsp3) is 0.500. The highest BCUT2D eigenvalue weighted by Crippen LogP contribution is 2.26. The molecule has 1 unspecified atom stereocenters. The molecule has 0 aromatic heterocycles. The Balaban J connectivity index is 2.30. The van der Waals surface area contributed by atoms with Gasteiger partial charge in [-0.3, -0.25) is 4.31 Å². The van der Waals surface area contributed by atoms with Crippen molar-refractivity contribution < 1.29 is 8.42 Å². The van der Waals surface area contributed by atoms with Gasteiger partial charge in [-0.2, -0.15) is 12.7 Å². The Hall–Kier alpha value is -1.11. The van der Waals surface area contributed by atoms with Crippen LogP contribution in [0, 0.1) is 5.92 Å². The fourth-order valence-electron chi connectivity index (χ4n) is 2.26. The minimum atomic E-state index is -3.38. The average Bonchev–Trinajstić information content (AvgIpc) is 2.35. The van der Waals surface area contributed by atoms with E-state index in [-0.39, 0.29) is 5.92 Å². The molecule has 1 fully saturated rings.